The standard InChI is InChI=1S/C25H32N2O5/c1-26-20-5-4-18(25-10-15-6-16(11-25)8-17(7-15)12-25)9-21(20)27-14-32-13-19(23(28)30-2)22(27)24(29)31-3/h4-5,9,15-17,26H,6-8,10-14H2,1-3H3. The summed E-state index contributed by atoms with van der Waals surface area (Å²) in [5, 5.41) is 3.24. The molecule has 1 aromatic rings. The summed E-state index contributed by atoms with van der Waals surface area (Å²) >= 11 is 0. The molecule has 4 saturated carbocycles. The first-order valence-corrected chi connectivity index (χ1v) is 11.6. The molecule has 0 aromatic heterocycles. The number of carbonyl (C=O) groups is 2. The number of nitrogens with zero attached hydrogens (tertiary/aromatic N) is 1. The van der Waals surface area contributed by atoms with Crippen molar-refractivity contribution in [2.24, 2.45) is 17.8 Å². The van der Waals surface area contributed by atoms with Crippen LogP contribution in [0.2, 0.25) is 0 Å². The van der Waals surface area contributed by atoms with Crippen LogP contribution in [-0.4, -0.2) is 46.5 Å². The maximum absolute atomic E-state index is 12.8. The van der Waals surface area contributed by atoms with Crippen molar-refractivity contribution in [3.63, 3.8) is 0 Å². The summed E-state index contributed by atoms with van der Waals surface area (Å²) < 4.78 is 15.7. The number of methoxy groups -OCH3 is 2. The van der Waals surface area contributed by atoms with E-state index in [1.54, 1.807) is 4.90 Å². The van der Waals surface area contributed by atoms with E-state index >= 15 is 0 Å². The number of hydrogen-bond donors (Lipinski definition) is 1. The Kier molecular flexibility index (Phi) is 5.40. The monoisotopic (exact) mass is 440 g/mol. The minimum absolute atomic E-state index is 0.0111. The lowest BCUT2D eigenvalue weighted by Gasteiger charge is -2.57. The fourth-order valence-corrected chi connectivity index (χ4v) is 7.09. The lowest BCUT2D eigenvalue weighted by atomic mass is 9.48. The minimum atomic E-state index is -0.585. The zero-order chi connectivity index (χ0) is 22.5. The average molecular weight is 441 g/mol. The molecular formula is C25H32N2O5. The van der Waals surface area contributed by atoms with E-state index in [2.05, 4.69) is 23.5 Å². The third kappa shape index (κ3) is 3.38. The molecular weight excluding hydrogens is 408 g/mol. The fraction of sp³-hybridized carbons (Fsp3) is 0.600. The predicted octanol–water partition coefficient (Wildman–Crippen LogP) is 3.59. The molecule has 0 saturated heterocycles. The van der Waals surface area contributed by atoms with E-state index in [0.29, 0.717) is 0 Å². The van der Waals surface area contributed by atoms with Gasteiger partial charge in [-0.2, -0.15) is 0 Å². The Bertz CT molecular complexity index is 934. The lowest BCUT2D eigenvalue weighted by molar-refractivity contribution is -0.140. The summed E-state index contributed by atoms with van der Waals surface area (Å²) in [4.78, 5) is 26.9. The van der Waals surface area contributed by atoms with E-state index in [4.69, 9.17) is 14.2 Å². The third-order valence-corrected chi connectivity index (χ3v) is 8.04. The number of anilines is 2. The Morgan fingerprint density at radius 2 is 1.66 bits per heavy atom. The SMILES string of the molecule is CNc1ccc(C23CC4CC(CC(C4)C2)C3)cc1N1COCC(C(=O)OC)=C1C(=O)OC. The third-order valence-electron chi connectivity index (χ3n) is 8.04. The highest BCUT2D eigenvalue weighted by atomic mass is 16.5. The molecule has 1 N–H and O–H groups in total. The zero-order valence-electron chi connectivity index (χ0n) is 19.1. The summed E-state index contributed by atoms with van der Waals surface area (Å²) in [7, 11) is 4.48. The maximum Gasteiger partial charge on any atom is 0.355 e. The molecule has 0 radical (unpaired) electrons. The first-order valence-electron chi connectivity index (χ1n) is 11.6. The van der Waals surface area contributed by atoms with Gasteiger partial charge in [-0.25, -0.2) is 9.59 Å². The van der Waals surface area contributed by atoms with Gasteiger partial charge in [0.1, 0.15) is 12.4 Å². The van der Waals surface area contributed by atoms with Crippen LogP contribution >= 0.6 is 0 Å². The summed E-state index contributed by atoms with van der Waals surface area (Å²) in [5.41, 5.74) is 3.60. The maximum atomic E-state index is 12.8. The molecule has 4 fully saturated rings. The molecule has 0 atom stereocenters. The number of benzene rings is 1. The van der Waals surface area contributed by atoms with Gasteiger partial charge in [-0.05, 0) is 79.4 Å². The van der Waals surface area contributed by atoms with Gasteiger partial charge in [0.25, 0.3) is 0 Å². The number of hydrogen-bond acceptors (Lipinski definition) is 7. The van der Waals surface area contributed by atoms with Crippen molar-refractivity contribution < 1.29 is 23.8 Å². The molecule has 7 nitrogen and oxygen atoms in total. The number of esters is 2. The Hall–Kier alpha value is -2.54. The van der Waals surface area contributed by atoms with Crippen LogP contribution in [0.25, 0.3) is 0 Å². The number of carbonyl (C=O) groups excluding carboxylic acids is 2. The van der Waals surface area contributed by atoms with Crippen LogP contribution in [0.4, 0.5) is 11.4 Å². The Labute approximate surface area is 189 Å². The van der Waals surface area contributed by atoms with Crippen molar-refractivity contribution in [2.45, 2.75) is 43.9 Å². The van der Waals surface area contributed by atoms with Gasteiger partial charge in [0.05, 0.1) is 37.8 Å². The lowest BCUT2D eigenvalue weighted by Crippen LogP contribution is -2.48. The van der Waals surface area contributed by atoms with Crippen LogP contribution < -0.4 is 10.2 Å². The first-order chi connectivity index (χ1) is 15.5. The Morgan fingerprint density at radius 3 is 2.22 bits per heavy atom. The van der Waals surface area contributed by atoms with Crippen molar-refractivity contribution in [1.29, 1.82) is 0 Å². The van der Waals surface area contributed by atoms with Crippen LogP contribution in [0, 0.1) is 17.8 Å². The minimum Gasteiger partial charge on any atom is -0.466 e. The van der Waals surface area contributed by atoms with Gasteiger partial charge in [0, 0.05) is 7.05 Å². The first kappa shape index (κ1) is 21.3. The van der Waals surface area contributed by atoms with Crippen molar-refractivity contribution in [2.75, 3.05) is 44.8 Å². The zero-order valence-corrected chi connectivity index (χ0v) is 19.1. The van der Waals surface area contributed by atoms with Crippen LogP contribution in [-0.2, 0) is 29.2 Å². The van der Waals surface area contributed by atoms with Crippen LogP contribution in [0.3, 0.4) is 0 Å². The summed E-state index contributed by atoms with van der Waals surface area (Å²) in [6.45, 7) is 0.168. The van der Waals surface area contributed by atoms with E-state index < -0.39 is 11.9 Å². The summed E-state index contributed by atoms with van der Waals surface area (Å²) in [6.07, 6.45) is 7.91. The molecule has 4 bridgehead atoms. The molecule has 32 heavy (non-hydrogen) atoms. The molecule has 1 aromatic carbocycles. The topological polar surface area (TPSA) is 77.1 Å². The summed E-state index contributed by atoms with van der Waals surface area (Å²) in [6, 6.07) is 6.53. The van der Waals surface area contributed by atoms with E-state index in [1.165, 1.54) is 58.3 Å². The smallest absolute Gasteiger partial charge is 0.355 e. The number of ether oxygens (including phenoxy) is 3. The molecule has 6 rings (SSSR count). The van der Waals surface area contributed by atoms with E-state index in [1.807, 2.05) is 7.05 Å². The Balaban J connectivity index is 1.60. The van der Waals surface area contributed by atoms with E-state index in [-0.39, 0.29) is 30.0 Å². The van der Waals surface area contributed by atoms with Gasteiger partial charge >= 0.3 is 11.9 Å². The number of nitrogens with one attached hydrogen (secondary N) is 1. The second-order valence-electron chi connectivity index (χ2n) is 9.90. The van der Waals surface area contributed by atoms with Gasteiger partial charge in [-0.15, -0.1) is 0 Å². The molecule has 5 aliphatic rings. The van der Waals surface area contributed by atoms with Crippen molar-refractivity contribution in [1.82, 2.24) is 0 Å². The highest BCUT2D eigenvalue weighted by molar-refractivity contribution is 6.04. The van der Waals surface area contributed by atoms with Crippen LogP contribution in [0.5, 0.6) is 0 Å². The number of rotatable bonds is 5. The van der Waals surface area contributed by atoms with Gasteiger partial charge in [0.2, 0.25) is 0 Å². The van der Waals surface area contributed by atoms with E-state index in [9.17, 15) is 9.59 Å². The van der Waals surface area contributed by atoms with Crippen molar-refractivity contribution in [3.8, 4) is 0 Å². The van der Waals surface area contributed by atoms with Crippen LogP contribution in [0.15, 0.2) is 29.5 Å². The molecule has 0 amide bonds. The molecule has 7 heteroatoms. The second-order valence-corrected chi connectivity index (χ2v) is 9.90. The fourth-order valence-electron chi connectivity index (χ4n) is 7.09. The molecule has 4 aliphatic carbocycles. The van der Waals surface area contributed by atoms with Crippen molar-refractivity contribution >= 4 is 23.3 Å². The van der Waals surface area contributed by atoms with Gasteiger partial charge in [-0.3, -0.25) is 0 Å². The Morgan fingerprint density at radius 1 is 1.03 bits per heavy atom. The quantitative estimate of drug-likeness (QED) is 0.701. The largest absolute Gasteiger partial charge is 0.466 e. The highest BCUT2D eigenvalue weighted by Crippen LogP contribution is 2.61. The summed E-state index contributed by atoms with van der Waals surface area (Å²) in [5.74, 6) is 1.35. The molecule has 0 unspecified atom stereocenters. The second kappa shape index (κ2) is 8.10. The predicted molar refractivity (Wildman–Crippen MR) is 120 cm³/mol. The molecule has 0 spiro atoms. The molecule has 1 heterocycles. The van der Waals surface area contributed by atoms with E-state index in [0.717, 1.165) is 29.1 Å². The van der Waals surface area contributed by atoms with Gasteiger partial charge < -0.3 is 24.4 Å². The normalized spacial score (nSPS) is 31.0. The molecule has 172 valence electrons. The van der Waals surface area contributed by atoms with Gasteiger partial charge in [0.15, 0.2) is 0 Å². The average Bonchev–Trinajstić information content (AvgIpc) is 2.81. The highest BCUT2D eigenvalue weighted by Gasteiger charge is 2.51. The van der Waals surface area contributed by atoms with Crippen molar-refractivity contribution in [3.05, 3.63) is 35.0 Å². The van der Waals surface area contributed by atoms with Gasteiger partial charge in [-0.1, -0.05) is 6.07 Å². The molecule has 1 aliphatic heterocycles. The van der Waals surface area contributed by atoms with Crippen LogP contribution in [0.1, 0.15) is 44.1 Å².